The first-order chi connectivity index (χ1) is 7.70. The minimum absolute atomic E-state index is 0.243. The van der Waals surface area contributed by atoms with Crippen molar-refractivity contribution in [1.29, 1.82) is 0 Å². The van der Waals surface area contributed by atoms with Gasteiger partial charge in [0.15, 0.2) is 0 Å². The Hall–Kier alpha value is -1.02. The van der Waals surface area contributed by atoms with Crippen LogP contribution in [0.5, 0.6) is 0 Å². The minimum Gasteiger partial charge on any atom is -0.320 e. The number of halogens is 2. The van der Waals surface area contributed by atoms with Crippen LogP contribution in [0.2, 0.25) is 10.0 Å². The number of rotatable bonds is 2. The fourth-order valence-electron chi connectivity index (χ4n) is 1.60. The first-order valence-corrected chi connectivity index (χ1v) is 5.70. The Morgan fingerprint density at radius 2 is 1.56 bits per heavy atom. The standard InChI is InChI=1S/C13H11Cl2N/c14-11-8-4-7-10(12(11)15)13(16)9-5-2-1-3-6-9/h1-8,13H,16H2. The maximum atomic E-state index is 6.14. The lowest BCUT2D eigenvalue weighted by molar-refractivity contribution is 0.872. The molecule has 0 heterocycles. The molecule has 0 amide bonds. The second-order valence-electron chi connectivity index (χ2n) is 3.53. The molecule has 0 aliphatic rings. The first-order valence-electron chi connectivity index (χ1n) is 4.94. The van der Waals surface area contributed by atoms with E-state index in [0.717, 1.165) is 11.1 Å². The molecule has 1 unspecified atom stereocenters. The van der Waals surface area contributed by atoms with Gasteiger partial charge in [-0.2, -0.15) is 0 Å². The van der Waals surface area contributed by atoms with Gasteiger partial charge in [-0.1, -0.05) is 65.7 Å². The molecule has 1 nitrogen and oxygen atoms in total. The summed E-state index contributed by atoms with van der Waals surface area (Å²) in [4.78, 5) is 0. The maximum absolute atomic E-state index is 6.14. The molecule has 1 atom stereocenters. The van der Waals surface area contributed by atoms with Gasteiger partial charge in [-0.15, -0.1) is 0 Å². The van der Waals surface area contributed by atoms with Crippen molar-refractivity contribution < 1.29 is 0 Å². The van der Waals surface area contributed by atoms with Crippen LogP contribution in [0.15, 0.2) is 48.5 Å². The molecular weight excluding hydrogens is 241 g/mol. The van der Waals surface area contributed by atoms with Gasteiger partial charge in [0, 0.05) is 0 Å². The van der Waals surface area contributed by atoms with Crippen molar-refractivity contribution in [3.8, 4) is 0 Å². The first kappa shape index (κ1) is 11.5. The van der Waals surface area contributed by atoms with Gasteiger partial charge in [-0.05, 0) is 17.2 Å². The van der Waals surface area contributed by atoms with E-state index in [1.807, 2.05) is 42.5 Å². The summed E-state index contributed by atoms with van der Waals surface area (Å²) >= 11 is 12.1. The highest BCUT2D eigenvalue weighted by atomic mass is 35.5. The van der Waals surface area contributed by atoms with Gasteiger partial charge in [0.05, 0.1) is 16.1 Å². The normalized spacial score (nSPS) is 12.4. The van der Waals surface area contributed by atoms with Crippen molar-refractivity contribution in [3.05, 3.63) is 69.7 Å². The maximum Gasteiger partial charge on any atom is 0.0643 e. The second kappa shape index (κ2) is 4.88. The fourth-order valence-corrected chi connectivity index (χ4v) is 2.03. The number of benzene rings is 2. The fraction of sp³-hybridized carbons (Fsp3) is 0.0769. The summed E-state index contributed by atoms with van der Waals surface area (Å²) < 4.78 is 0. The molecule has 0 bridgehead atoms. The van der Waals surface area contributed by atoms with Crippen LogP contribution in [0, 0.1) is 0 Å². The highest BCUT2D eigenvalue weighted by molar-refractivity contribution is 6.42. The van der Waals surface area contributed by atoms with E-state index >= 15 is 0 Å². The summed E-state index contributed by atoms with van der Waals surface area (Å²) in [5.41, 5.74) is 8.01. The number of nitrogens with two attached hydrogens (primary N) is 1. The Morgan fingerprint density at radius 1 is 0.875 bits per heavy atom. The van der Waals surface area contributed by atoms with Crippen molar-refractivity contribution in [2.24, 2.45) is 5.73 Å². The highest BCUT2D eigenvalue weighted by Gasteiger charge is 2.13. The van der Waals surface area contributed by atoms with Crippen LogP contribution in [0.1, 0.15) is 17.2 Å². The SMILES string of the molecule is NC(c1ccccc1)c1cccc(Cl)c1Cl. The minimum atomic E-state index is -0.243. The van der Waals surface area contributed by atoms with Crippen molar-refractivity contribution in [1.82, 2.24) is 0 Å². The van der Waals surface area contributed by atoms with Gasteiger partial charge in [0.1, 0.15) is 0 Å². The smallest absolute Gasteiger partial charge is 0.0643 e. The average Bonchev–Trinajstić information content (AvgIpc) is 2.33. The summed E-state index contributed by atoms with van der Waals surface area (Å²) in [7, 11) is 0. The molecule has 2 rings (SSSR count). The summed E-state index contributed by atoms with van der Waals surface area (Å²) in [6.45, 7) is 0. The molecule has 0 aromatic heterocycles. The Kier molecular flexibility index (Phi) is 3.49. The molecular formula is C13H11Cl2N. The lowest BCUT2D eigenvalue weighted by Crippen LogP contribution is -2.12. The summed E-state index contributed by atoms with van der Waals surface area (Å²) in [6.07, 6.45) is 0. The van der Waals surface area contributed by atoms with E-state index in [1.165, 1.54) is 0 Å². The van der Waals surface area contributed by atoms with Crippen LogP contribution in [0.4, 0.5) is 0 Å². The van der Waals surface area contributed by atoms with Crippen molar-refractivity contribution in [2.45, 2.75) is 6.04 Å². The molecule has 0 saturated carbocycles. The van der Waals surface area contributed by atoms with Crippen molar-refractivity contribution >= 4 is 23.2 Å². The molecule has 0 radical (unpaired) electrons. The molecule has 16 heavy (non-hydrogen) atoms. The van der Waals surface area contributed by atoms with Gasteiger partial charge in [-0.3, -0.25) is 0 Å². The van der Waals surface area contributed by atoms with Crippen molar-refractivity contribution in [3.63, 3.8) is 0 Å². The third-order valence-corrected chi connectivity index (χ3v) is 3.31. The third kappa shape index (κ3) is 2.22. The van der Waals surface area contributed by atoms with E-state index in [1.54, 1.807) is 6.07 Å². The van der Waals surface area contributed by atoms with Gasteiger partial charge in [-0.25, -0.2) is 0 Å². The predicted octanol–water partition coefficient (Wildman–Crippen LogP) is 4.04. The van der Waals surface area contributed by atoms with E-state index in [9.17, 15) is 0 Å². The summed E-state index contributed by atoms with van der Waals surface area (Å²) in [5.74, 6) is 0. The number of hydrogen-bond donors (Lipinski definition) is 1. The molecule has 0 saturated heterocycles. The Balaban J connectivity index is 2.42. The molecule has 0 aliphatic carbocycles. The van der Waals surface area contributed by atoms with E-state index in [0.29, 0.717) is 10.0 Å². The van der Waals surface area contributed by atoms with Gasteiger partial charge < -0.3 is 5.73 Å². The summed E-state index contributed by atoms with van der Waals surface area (Å²) in [5, 5.41) is 1.06. The van der Waals surface area contributed by atoms with Gasteiger partial charge in [0.25, 0.3) is 0 Å². The number of hydrogen-bond acceptors (Lipinski definition) is 1. The van der Waals surface area contributed by atoms with Crippen LogP contribution < -0.4 is 5.73 Å². The van der Waals surface area contributed by atoms with Crippen LogP contribution in [-0.2, 0) is 0 Å². The highest BCUT2D eigenvalue weighted by Crippen LogP contribution is 2.31. The van der Waals surface area contributed by atoms with Crippen LogP contribution >= 0.6 is 23.2 Å². The lowest BCUT2D eigenvalue weighted by atomic mass is 10.00. The van der Waals surface area contributed by atoms with Crippen LogP contribution in [0.3, 0.4) is 0 Å². The Bertz CT molecular complexity index is 483. The Morgan fingerprint density at radius 3 is 2.25 bits per heavy atom. The van der Waals surface area contributed by atoms with E-state index in [2.05, 4.69) is 0 Å². The molecule has 2 N–H and O–H groups in total. The predicted molar refractivity (Wildman–Crippen MR) is 68.9 cm³/mol. The largest absolute Gasteiger partial charge is 0.320 e. The van der Waals surface area contributed by atoms with Crippen LogP contribution in [0.25, 0.3) is 0 Å². The van der Waals surface area contributed by atoms with Crippen LogP contribution in [-0.4, -0.2) is 0 Å². The van der Waals surface area contributed by atoms with Gasteiger partial charge >= 0.3 is 0 Å². The summed E-state index contributed by atoms with van der Waals surface area (Å²) in [6, 6.07) is 15.1. The zero-order chi connectivity index (χ0) is 11.5. The van der Waals surface area contributed by atoms with Crippen molar-refractivity contribution in [2.75, 3.05) is 0 Å². The quantitative estimate of drug-likeness (QED) is 0.857. The molecule has 82 valence electrons. The molecule has 2 aromatic carbocycles. The average molecular weight is 252 g/mol. The van der Waals surface area contributed by atoms with E-state index < -0.39 is 0 Å². The second-order valence-corrected chi connectivity index (χ2v) is 4.32. The molecule has 0 spiro atoms. The third-order valence-electron chi connectivity index (χ3n) is 2.48. The zero-order valence-electron chi connectivity index (χ0n) is 8.53. The molecule has 0 fully saturated rings. The molecule has 2 aromatic rings. The topological polar surface area (TPSA) is 26.0 Å². The van der Waals surface area contributed by atoms with E-state index in [4.69, 9.17) is 28.9 Å². The molecule has 0 aliphatic heterocycles. The van der Waals surface area contributed by atoms with Gasteiger partial charge in [0.2, 0.25) is 0 Å². The Labute approximate surface area is 105 Å². The monoisotopic (exact) mass is 251 g/mol. The zero-order valence-corrected chi connectivity index (χ0v) is 10.0. The van der Waals surface area contributed by atoms with E-state index in [-0.39, 0.29) is 6.04 Å². The molecule has 3 heteroatoms. The lowest BCUT2D eigenvalue weighted by Gasteiger charge is -2.14.